The molecule has 1 aromatic carbocycles. The first-order valence-electron chi connectivity index (χ1n) is 8.78. The summed E-state index contributed by atoms with van der Waals surface area (Å²) in [5, 5.41) is 21.6. The molecule has 2 aromatic rings. The van der Waals surface area contributed by atoms with E-state index in [1.165, 1.54) is 5.56 Å². The summed E-state index contributed by atoms with van der Waals surface area (Å²) in [6.07, 6.45) is 5.55. The van der Waals surface area contributed by atoms with Crippen molar-refractivity contribution < 1.29 is 9.90 Å². The van der Waals surface area contributed by atoms with E-state index in [1.54, 1.807) is 22.0 Å². The molecule has 7 heteroatoms. The van der Waals surface area contributed by atoms with Crippen LogP contribution in [0, 0.1) is 0 Å². The Balaban J connectivity index is 1.47. The molecule has 1 aromatic heterocycles. The third-order valence-electron chi connectivity index (χ3n) is 4.62. The van der Waals surface area contributed by atoms with Gasteiger partial charge in [-0.3, -0.25) is 9.48 Å². The lowest BCUT2D eigenvalue weighted by Gasteiger charge is -2.38. The van der Waals surface area contributed by atoms with Crippen LogP contribution in [0.2, 0.25) is 0 Å². The molecular formula is C18H25N5O2. The molecule has 1 aliphatic heterocycles. The predicted molar refractivity (Wildman–Crippen MR) is 93.8 cm³/mol. The molecule has 134 valence electrons. The lowest BCUT2D eigenvalue weighted by Crippen LogP contribution is -2.58. The third-order valence-corrected chi connectivity index (χ3v) is 4.62. The molecule has 1 fully saturated rings. The summed E-state index contributed by atoms with van der Waals surface area (Å²) in [6.45, 7) is 2.91. The number of piperidine rings is 1. The van der Waals surface area contributed by atoms with Gasteiger partial charge >= 0.3 is 0 Å². The molecule has 7 nitrogen and oxygen atoms in total. The standard InChI is InChI=1S/C18H25N5O2/c24-17-18(25,15-19-9-13-23-14-10-20-21-23)8-4-11-22(17)12-7-16-5-2-1-3-6-16/h1-3,5-6,10,14,19,25H,4,7-9,11-13,15H2/t18-/m0/s1. The number of carbonyl (C=O) groups is 1. The molecular weight excluding hydrogens is 318 g/mol. The smallest absolute Gasteiger partial charge is 0.255 e. The van der Waals surface area contributed by atoms with E-state index in [9.17, 15) is 9.90 Å². The fourth-order valence-electron chi connectivity index (χ4n) is 3.19. The van der Waals surface area contributed by atoms with Crippen molar-refractivity contribution in [3.05, 3.63) is 48.3 Å². The minimum Gasteiger partial charge on any atom is -0.379 e. The van der Waals surface area contributed by atoms with E-state index in [0.29, 0.717) is 32.6 Å². The van der Waals surface area contributed by atoms with Crippen LogP contribution in [0.25, 0.3) is 0 Å². The van der Waals surface area contributed by atoms with E-state index in [4.69, 9.17) is 0 Å². The molecule has 1 atom stereocenters. The van der Waals surface area contributed by atoms with Gasteiger partial charge in [-0.25, -0.2) is 0 Å². The van der Waals surface area contributed by atoms with Crippen LogP contribution in [0.4, 0.5) is 0 Å². The minimum atomic E-state index is -1.31. The molecule has 1 amide bonds. The summed E-state index contributed by atoms with van der Waals surface area (Å²) in [4.78, 5) is 14.5. The summed E-state index contributed by atoms with van der Waals surface area (Å²) in [7, 11) is 0. The van der Waals surface area contributed by atoms with E-state index in [-0.39, 0.29) is 12.5 Å². The van der Waals surface area contributed by atoms with Gasteiger partial charge in [0, 0.05) is 32.4 Å². The van der Waals surface area contributed by atoms with Crippen molar-refractivity contribution >= 4 is 5.91 Å². The fraction of sp³-hybridized carbons (Fsp3) is 0.500. The Morgan fingerprint density at radius 2 is 2.08 bits per heavy atom. The van der Waals surface area contributed by atoms with Gasteiger partial charge in [0.15, 0.2) is 5.60 Å². The van der Waals surface area contributed by atoms with E-state index in [2.05, 4.69) is 27.8 Å². The summed E-state index contributed by atoms with van der Waals surface area (Å²) in [5.41, 5.74) is -0.104. The SMILES string of the molecule is O=C1N(CCc2ccccc2)CCC[C@]1(O)CNCCn1ccnn1. The van der Waals surface area contributed by atoms with Crippen molar-refractivity contribution in [1.82, 2.24) is 25.2 Å². The van der Waals surface area contributed by atoms with Gasteiger partial charge in [-0.15, -0.1) is 5.10 Å². The first-order chi connectivity index (χ1) is 12.2. The predicted octanol–water partition coefficient (Wildman–Crippen LogP) is 0.464. The summed E-state index contributed by atoms with van der Waals surface area (Å²) < 4.78 is 1.71. The molecule has 2 N–H and O–H groups in total. The number of nitrogens with zero attached hydrogens (tertiary/aromatic N) is 4. The number of carbonyl (C=O) groups excluding carboxylic acids is 1. The molecule has 25 heavy (non-hydrogen) atoms. The van der Waals surface area contributed by atoms with Gasteiger partial charge in [0.1, 0.15) is 0 Å². The maximum atomic E-state index is 12.7. The van der Waals surface area contributed by atoms with E-state index in [1.807, 2.05) is 18.2 Å². The van der Waals surface area contributed by atoms with Crippen molar-refractivity contribution in [3.63, 3.8) is 0 Å². The third kappa shape index (κ3) is 4.64. The molecule has 0 saturated carbocycles. The molecule has 0 bridgehead atoms. The highest BCUT2D eigenvalue weighted by atomic mass is 16.3. The van der Waals surface area contributed by atoms with E-state index >= 15 is 0 Å². The van der Waals surface area contributed by atoms with E-state index in [0.717, 1.165) is 12.8 Å². The lowest BCUT2D eigenvalue weighted by molar-refractivity contribution is -0.156. The first-order valence-corrected chi connectivity index (χ1v) is 8.78. The average molecular weight is 343 g/mol. The fourth-order valence-corrected chi connectivity index (χ4v) is 3.19. The number of amides is 1. The average Bonchev–Trinajstić information content (AvgIpc) is 3.15. The van der Waals surface area contributed by atoms with Gasteiger partial charge in [0.2, 0.25) is 0 Å². The maximum absolute atomic E-state index is 12.7. The van der Waals surface area contributed by atoms with Gasteiger partial charge in [0.25, 0.3) is 5.91 Å². The number of rotatable bonds is 8. The lowest BCUT2D eigenvalue weighted by atomic mass is 9.91. The van der Waals surface area contributed by atoms with Crippen molar-refractivity contribution in [3.8, 4) is 0 Å². The zero-order valence-corrected chi connectivity index (χ0v) is 14.3. The van der Waals surface area contributed by atoms with Crippen LogP contribution in [0.3, 0.4) is 0 Å². The molecule has 3 rings (SSSR count). The van der Waals surface area contributed by atoms with Crippen molar-refractivity contribution in [2.75, 3.05) is 26.2 Å². The zero-order valence-electron chi connectivity index (χ0n) is 14.3. The molecule has 0 aliphatic carbocycles. The highest BCUT2D eigenvalue weighted by Crippen LogP contribution is 2.22. The van der Waals surface area contributed by atoms with Crippen LogP contribution in [0.15, 0.2) is 42.7 Å². The van der Waals surface area contributed by atoms with Gasteiger partial charge in [-0.2, -0.15) is 0 Å². The van der Waals surface area contributed by atoms with Crippen LogP contribution in [-0.2, 0) is 17.8 Å². The molecule has 0 unspecified atom stereocenters. The number of benzene rings is 1. The number of nitrogens with one attached hydrogen (secondary N) is 1. The topological polar surface area (TPSA) is 83.3 Å². The monoisotopic (exact) mass is 343 g/mol. The van der Waals surface area contributed by atoms with Gasteiger partial charge in [0.05, 0.1) is 12.7 Å². The molecule has 1 aliphatic rings. The molecule has 2 heterocycles. The number of likely N-dealkylation sites (tertiary alicyclic amines) is 1. The second kappa shape index (κ2) is 8.22. The van der Waals surface area contributed by atoms with Crippen molar-refractivity contribution in [2.24, 2.45) is 0 Å². The second-order valence-corrected chi connectivity index (χ2v) is 6.51. The van der Waals surface area contributed by atoms with Crippen LogP contribution < -0.4 is 5.32 Å². The molecule has 0 radical (unpaired) electrons. The Kier molecular flexibility index (Phi) is 5.78. The van der Waals surface area contributed by atoms with Gasteiger partial charge in [-0.1, -0.05) is 35.5 Å². The van der Waals surface area contributed by atoms with Crippen molar-refractivity contribution in [2.45, 2.75) is 31.4 Å². The van der Waals surface area contributed by atoms with Crippen LogP contribution in [0.1, 0.15) is 18.4 Å². The number of aromatic nitrogens is 3. The minimum absolute atomic E-state index is 0.164. The Morgan fingerprint density at radius 1 is 1.24 bits per heavy atom. The summed E-state index contributed by atoms with van der Waals surface area (Å²) in [5.74, 6) is -0.164. The zero-order chi connectivity index (χ0) is 17.5. The Labute approximate surface area is 147 Å². The second-order valence-electron chi connectivity index (χ2n) is 6.51. The van der Waals surface area contributed by atoms with E-state index < -0.39 is 5.60 Å². The Hall–Kier alpha value is -2.25. The normalized spacial score (nSPS) is 20.8. The first kappa shape index (κ1) is 17.6. The number of aliphatic hydroxyl groups is 1. The van der Waals surface area contributed by atoms with Gasteiger partial charge in [-0.05, 0) is 24.8 Å². The largest absolute Gasteiger partial charge is 0.379 e. The Bertz CT molecular complexity index is 661. The van der Waals surface area contributed by atoms with Crippen LogP contribution >= 0.6 is 0 Å². The quantitative estimate of drug-likeness (QED) is 0.681. The van der Waals surface area contributed by atoms with Gasteiger partial charge < -0.3 is 15.3 Å². The number of hydrogen-bond acceptors (Lipinski definition) is 5. The summed E-state index contributed by atoms with van der Waals surface area (Å²) >= 11 is 0. The van der Waals surface area contributed by atoms with Crippen LogP contribution in [0.5, 0.6) is 0 Å². The highest BCUT2D eigenvalue weighted by Gasteiger charge is 2.41. The summed E-state index contributed by atoms with van der Waals surface area (Å²) in [6, 6.07) is 10.1. The molecule has 1 saturated heterocycles. The highest BCUT2D eigenvalue weighted by molar-refractivity contribution is 5.86. The Morgan fingerprint density at radius 3 is 2.84 bits per heavy atom. The van der Waals surface area contributed by atoms with Crippen LogP contribution in [-0.4, -0.2) is 62.7 Å². The van der Waals surface area contributed by atoms with Crippen molar-refractivity contribution in [1.29, 1.82) is 0 Å². The number of hydrogen-bond donors (Lipinski definition) is 2. The maximum Gasteiger partial charge on any atom is 0.255 e. The molecule has 0 spiro atoms.